The van der Waals surface area contributed by atoms with Crippen LogP contribution in [0.4, 0.5) is 5.82 Å². The zero-order valence-electron chi connectivity index (χ0n) is 8.07. The van der Waals surface area contributed by atoms with Gasteiger partial charge in [0.05, 0.1) is 0 Å². The van der Waals surface area contributed by atoms with Crippen molar-refractivity contribution >= 4 is 27.7 Å². The molecule has 1 aromatic rings. The van der Waals surface area contributed by atoms with Crippen LogP contribution in [0.15, 0.2) is 12.1 Å². The molecule has 1 rings (SSSR count). The van der Waals surface area contributed by atoms with Gasteiger partial charge in [-0.2, -0.15) is 0 Å². The molecule has 0 atom stereocenters. The number of aromatic nitrogens is 1. The molecule has 7 heteroatoms. The summed E-state index contributed by atoms with van der Waals surface area (Å²) < 4.78 is 0. The summed E-state index contributed by atoms with van der Waals surface area (Å²) in [5, 5.41) is 11.0. The molecule has 1 N–H and O–H groups in total. The summed E-state index contributed by atoms with van der Waals surface area (Å²) in [5.74, 6) is -0.437. The van der Waals surface area contributed by atoms with Crippen LogP contribution in [0, 0.1) is 10.1 Å². The minimum atomic E-state index is -0.568. The molecule has 0 aromatic carbocycles. The highest BCUT2D eigenvalue weighted by Gasteiger charge is 2.18. The minimum absolute atomic E-state index is 0.175. The lowest BCUT2D eigenvalue weighted by Gasteiger charge is -2.12. The quantitative estimate of drug-likeness (QED) is 0.512. The van der Waals surface area contributed by atoms with Crippen molar-refractivity contribution in [1.82, 2.24) is 9.88 Å². The predicted octanol–water partition coefficient (Wildman–Crippen LogP) is 1.39. The van der Waals surface area contributed by atoms with E-state index in [0.717, 1.165) is 0 Å². The topological polar surface area (TPSA) is 79.2 Å². The van der Waals surface area contributed by atoms with Crippen LogP contribution in [0.5, 0.6) is 0 Å². The Morgan fingerprint density at radius 2 is 2.33 bits per heavy atom. The summed E-state index contributed by atoms with van der Waals surface area (Å²) in [6.07, 6.45) is 0. The van der Waals surface area contributed by atoms with Crippen LogP contribution >= 0.6 is 15.9 Å². The van der Waals surface area contributed by atoms with E-state index in [1.165, 1.54) is 17.0 Å². The number of nitrogens with one attached hydrogen (secondary N) is 1. The third-order valence-electron chi connectivity index (χ3n) is 1.86. The van der Waals surface area contributed by atoms with Crippen molar-refractivity contribution in [2.24, 2.45) is 0 Å². The van der Waals surface area contributed by atoms with Gasteiger partial charge in [-0.25, -0.2) is 4.98 Å². The second-order valence-electron chi connectivity index (χ2n) is 2.93. The highest BCUT2D eigenvalue weighted by atomic mass is 79.9. The average Bonchev–Trinajstić information content (AvgIpc) is 2.65. The Labute approximate surface area is 94.5 Å². The highest BCUT2D eigenvalue weighted by molar-refractivity contribution is 9.09. The third-order valence-corrected chi connectivity index (χ3v) is 2.22. The number of amides is 1. The van der Waals surface area contributed by atoms with E-state index >= 15 is 0 Å². The molecule has 0 fully saturated rings. The van der Waals surface area contributed by atoms with E-state index in [1.54, 1.807) is 7.05 Å². The fourth-order valence-electron chi connectivity index (χ4n) is 1.05. The largest absolute Gasteiger partial charge is 0.358 e. The van der Waals surface area contributed by atoms with Crippen LogP contribution in [-0.4, -0.2) is 39.6 Å². The molecule has 0 aliphatic heterocycles. The van der Waals surface area contributed by atoms with Gasteiger partial charge in [0.2, 0.25) is 0 Å². The van der Waals surface area contributed by atoms with Crippen molar-refractivity contribution in [3.05, 3.63) is 27.9 Å². The van der Waals surface area contributed by atoms with Crippen molar-refractivity contribution < 1.29 is 9.72 Å². The highest BCUT2D eigenvalue weighted by Crippen LogP contribution is 2.11. The summed E-state index contributed by atoms with van der Waals surface area (Å²) in [5.41, 5.74) is 0.227. The van der Waals surface area contributed by atoms with E-state index < -0.39 is 4.92 Å². The zero-order valence-corrected chi connectivity index (χ0v) is 9.65. The van der Waals surface area contributed by atoms with Gasteiger partial charge in [0.25, 0.3) is 5.91 Å². The first-order chi connectivity index (χ1) is 7.06. The van der Waals surface area contributed by atoms with Crippen LogP contribution in [0.2, 0.25) is 0 Å². The number of nitro groups is 1. The number of alkyl halides is 1. The first kappa shape index (κ1) is 11.7. The van der Waals surface area contributed by atoms with Gasteiger partial charge in [0, 0.05) is 25.0 Å². The molecule has 6 nitrogen and oxygen atoms in total. The number of halogens is 1. The van der Waals surface area contributed by atoms with Crippen LogP contribution in [-0.2, 0) is 0 Å². The standard InChI is InChI=1S/C8H10BrN3O3/c1-11(5-4-9)8(13)6-2-3-7(10-6)12(14)15/h2-3,10H,4-5H2,1H3. The maximum Gasteiger partial charge on any atom is 0.321 e. The fraction of sp³-hybridized carbons (Fsp3) is 0.375. The Morgan fingerprint density at radius 3 is 2.80 bits per heavy atom. The van der Waals surface area contributed by atoms with Gasteiger partial charge in [-0.3, -0.25) is 4.79 Å². The molecule has 0 saturated carbocycles. The molecular weight excluding hydrogens is 266 g/mol. The maximum absolute atomic E-state index is 11.6. The molecule has 0 saturated heterocycles. The number of aromatic amines is 1. The van der Waals surface area contributed by atoms with Gasteiger partial charge in [-0.1, -0.05) is 15.9 Å². The average molecular weight is 276 g/mol. The van der Waals surface area contributed by atoms with Gasteiger partial charge >= 0.3 is 5.82 Å². The van der Waals surface area contributed by atoms with Crippen LogP contribution in [0.25, 0.3) is 0 Å². The lowest BCUT2D eigenvalue weighted by Crippen LogP contribution is -2.28. The second kappa shape index (κ2) is 4.92. The van der Waals surface area contributed by atoms with E-state index in [4.69, 9.17) is 0 Å². The van der Waals surface area contributed by atoms with Gasteiger partial charge in [0.15, 0.2) is 5.69 Å². The fourth-order valence-corrected chi connectivity index (χ4v) is 1.58. The lowest BCUT2D eigenvalue weighted by atomic mass is 10.4. The number of carbonyl (C=O) groups is 1. The van der Waals surface area contributed by atoms with E-state index in [2.05, 4.69) is 20.9 Å². The lowest BCUT2D eigenvalue weighted by molar-refractivity contribution is -0.389. The molecule has 0 bridgehead atoms. The Bertz CT molecular complexity index is 377. The molecule has 0 unspecified atom stereocenters. The summed E-state index contributed by atoms with van der Waals surface area (Å²) >= 11 is 3.21. The van der Waals surface area contributed by atoms with Crippen LogP contribution < -0.4 is 0 Å². The SMILES string of the molecule is CN(CCBr)C(=O)c1ccc([N+](=O)[O-])[nH]1. The predicted molar refractivity (Wildman–Crippen MR) is 58.2 cm³/mol. The molecule has 1 heterocycles. The number of carbonyl (C=O) groups excluding carboxylic acids is 1. The molecule has 0 aliphatic rings. The third kappa shape index (κ3) is 2.79. The van der Waals surface area contributed by atoms with Gasteiger partial charge in [-0.05, 0) is 11.0 Å². The Kier molecular flexibility index (Phi) is 3.84. The van der Waals surface area contributed by atoms with E-state index in [1.807, 2.05) is 0 Å². The van der Waals surface area contributed by atoms with Gasteiger partial charge in [-0.15, -0.1) is 0 Å². The second-order valence-corrected chi connectivity index (χ2v) is 3.72. The van der Waals surface area contributed by atoms with Gasteiger partial charge < -0.3 is 15.0 Å². The number of hydrogen-bond donors (Lipinski definition) is 1. The maximum atomic E-state index is 11.6. The molecule has 1 aromatic heterocycles. The molecule has 82 valence electrons. The van der Waals surface area contributed by atoms with E-state index in [-0.39, 0.29) is 17.4 Å². The first-order valence-electron chi connectivity index (χ1n) is 4.21. The molecule has 15 heavy (non-hydrogen) atoms. The van der Waals surface area contributed by atoms with E-state index in [0.29, 0.717) is 11.9 Å². The molecule has 0 spiro atoms. The molecular formula is C8H10BrN3O3. The Hall–Kier alpha value is -1.37. The number of H-pyrrole nitrogens is 1. The summed E-state index contributed by atoms with van der Waals surface area (Å²) in [7, 11) is 1.64. The summed E-state index contributed by atoms with van der Waals surface area (Å²) in [6.45, 7) is 0.547. The normalized spacial score (nSPS) is 10.0. The molecule has 0 aliphatic carbocycles. The van der Waals surface area contributed by atoms with Crippen molar-refractivity contribution in [3.8, 4) is 0 Å². The minimum Gasteiger partial charge on any atom is -0.358 e. The van der Waals surface area contributed by atoms with E-state index in [9.17, 15) is 14.9 Å². The Morgan fingerprint density at radius 1 is 1.67 bits per heavy atom. The molecule has 1 amide bonds. The monoisotopic (exact) mass is 275 g/mol. The van der Waals surface area contributed by atoms with Crippen LogP contribution in [0.3, 0.4) is 0 Å². The zero-order chi connectivity index (χ0) is 11.4. The first-order valence-corrected chi connectivity index (χ1v) is 5.33. The Balaban J connectivity index is 2.78. The van der Waals surface area contributed by atoms with Crippen molar-refractivity contribution in [1.29, 1.82) is 0 Å². The van der Waals surface area contributed by atoms with Crippen molar-refractivity contribution in [2.45, 2.75) is 0 Å². The number of rotatable bonds is 4. The molecule has 0 radical (unpaired) electrons. The number of nitrogens with zero attached hydrogens (tertiary/aromatic N) is 2. The number of hydrogen-bond acceptors (Lipinski definition) is 3. The van der Waals surface area contributed by atoms with Crippen LogP contribution in [0.1, 0.15) is 10.5 Å². The van der Waals surface area contributed by atoms with Crippen molar-refractivity contribution in [3.63, 3.8) is 0 Å². The smallest absolute Gasteiger partial charge is 0.321 e. The summed E-state index contributed by atoms with van der Waals surface area (Å²) in [6, 6.07) is 2.68. The van der Waals surface area contributed by atoms with Gasteiger partial charge in [0.1, 0.15) is 0 Å². The summed E-state index contributed by atoms with van der Waals surface area (Å²) in [4.78, 5) is 25.4. The van der Waals surface area contributed by atoms with Crippen molar-refractivity contribution in [2.75, 3.05) is 18.9 Å².